The van der Waals surface area contributed by atoms with E-state index in [1.165, 1.54) is 43.6 Å². The first-order valence-electron chi connectivity index (χ1n) is 7.83. The lowest BCUT2D eigenvalue weighted by molar-refractivity contribution is -0.114. The minimum absolute atomic E-state index is 0.0828. The number of hydrogen-bond donors (Lipinski definition) is 1. The Morgan fingerprint density at radius 2 is 1.73 bits per heavy atom. The summed E-state index contributed by atoms with van der Waals surface area (Å²) >= 11 is 0. The van der Waals surface area contributed by atoms with Crippen molar-refractivity contribution in [3.8, 4) is 11.5 Å². The van der Waals surface area contributed by atoms with E-state index in [0.717, 1.165) is 5.56 Å². The van der Waals surface area contributed by atoms with E-state index in [2.05, 4.69) is 5.32 Å². The van der Waals surface area contributed by atoms with Gasteiger partial charge in [-0.05, 0) is 29.8 Å². The molecule has 0 radical (unpaired) electrons. The zero-order valence-corrected chi connectivity index (χ0v) is 16.0. The lowest BCUT2D eigenvalue weighted by Crippen LogP contribution is -2.26. The first-order valence-corrected chi connectivity index (χ1v) is 9.27. The molecule has 0 aliphatic carbocycles. The summed E-state index contributed by atoms with van der Waals surface area (Å²) in [6.07, 6.45) is 0. The van der Waals surface area contributed by atoms with Gasteiger partial charge < -0.3 is 14.8 Å². The molecule has 0 saturated carbocycles. The van der Waals surface area contributed by atoms with Gasteiger partial charge in [0.2, 0.25) is 15.9 Å². The summed E-state index contributed by atoms with van der Waals surface area (Å²) in [5.74, 6) is 0.715. The summed E-state index contributed by atoms with van der Waals surface area (Å²) in [6.45, 7) is 1.58. The number of benzene rings is 2. The van der Waals surface area contributed by atoms with Gasteiger partial charge in [-0.15, -0.1) is 0 Å². The standard InChI is InChI=1S/C18H22N2O5S/c1-13(21)19-17-10-9-16(11-18(17)25-4)26(22,23)20(2)12-14-5-7-15(24-3)8-6-14/h5-11H,12H2,1-4H3,(H,19,21). The molecule has 0 saturated heterocycles. The third-order valence-electron chi connectivity index (χ3n) is 3.76. The van der Waals surface area contributed by atoms with Gasteiger partial charge >= 0.3 is 0 Å². The maximum atomic E-state index is 12.8. The van der Waals surface area contributed by atoms with Crippen LogP contribution in [0.25, 0.3) is 0 Å². The van der Waals surface area contributed by atoms with Crippen molar-refractivity contribution in [1.82, 2.24) is 4.31 Å². The van der Waals surface area contributed by atoms with Crippen LogP contribution in [-0.4, -0.2) is 39.9 Å². The predicted octanol–water partition coefficient (Wildman–Crippen LogP) is 2.48. The van der Waals surface area contributed by atoms with E-state index in [9.17, 15) is 13.2 Å². The van der Waals surface area contributed by atoms with Crippen LogP contribution in [0, 0.1) is 0 Å². The average Bonchev–Trinajstić information content (AvgIpc) is 2.62. The van der Waals surface area contributed by atoms with Crippen LogP contribution in [0.1, 0.15) is 12.5 Å². The molecule has 2 rings (SSSR count). The van der Waals surface area contributed by atoms with Crippen LogP contribution in [0.4, 0.5) is 5.69 Å². The monoisotopic (exact) mass is 378 g/mol. The van der Waals surface area contributed by atoms with E-state index < -0.39 is 10.0 Å². The Hall–Kier alpha value is -2.58. The van der Waals surface area contributed by atoms with Crippen molar-refractivity contribution in [2.24, 2.45) is 0 Å². The Morgan fingerprint density at radius 1 is 1.08 bits per heavy atom. The van der Waals surface area contributed by atoms with Crippen LogP contribution in [0.3, 0.4) is 0 Å². The van der Waals surface area contributed by atoms with Gasteiger partial charge in [0.05, 0.1) is 24.8 Å². The number of rotatable bonds is 7. The fourth-order valence-corrected chi connectivity index (χ4v) is 3.55. The second-order valence-electron chi connectivity index (χ2n) is 5.65. The normalized spacial score (nSPS) is 11.3. The molecule has 26 heavy (non-hydrogen) atoms. The molecule has 0 atom stereocenters. The zero-order valence-electron chi connectivity index (χ0n) is 15.1. The lowest BCUT2D eigenvalue weighted by atomic mass is 10.2. The number of hydrogen-bond acceptors (Lipinski definition) is 5. The Morgan fingerprint density at radius 3 is 2.27 bits per heavy atom. The topological polar surface area (TPSA) is 84.9 Å². The van der Waals surface area contributed by atoms with Crippen LogP contribution >= 0.6 is 0 Å². The van der Waals surface area contributed by atoms with Crippen molar-refractivity contribution in [2.75, 3.05) is 26.6 Å². The molecule has 0 bridgehead atoms. The van der Waals surface area contributed by atoms with Crippen molar-refractivity contribution in [2.45, 2.75) is 18.4 Å². The molecule has 140 valence electrons. The lowest BCUT2D eigenvalue weighted by Gasteiger charge is -2.19. The molecular weight excluding hydrogens is 356 g/mol. The summed E-state index contributed by atoms with van der Waals surface area (Å²) in [4.78, 5) is 11.3. The van der Waals surface area contributed by atoms with Gasteiger partial charge in [0.25, 0.3) is 0 Å². The number of ether oxygens (including phenoxy) is 2. The number of methoxy groups -OCH3 is 2. The highest BCUT2D eigenvalue weighted by Crippen LogP contribution is 2.29. The Labute approximate surface area is 153 Å². The largest absolute Gasteiger partial charge is 0.497 e. The van der Waals surface area contributed by atoms with Crippen molar-refractivity contribution in [3.05, 3.63) is 48.0 Å². The van der Waals surface area contributed by atoms with Gasteiger partial charge in [-0.1, -0.05) is 12.1 Å². The Balaban J connectivity index is 2.25. The number of carbonyl (C=O) groups is 1. The molecular formula is C18H22N2O5S. The van der Waals surface area contributed by atoms with Crippen molar-refractivity contribution in [3.63, 3.8) is 0 Å². The van der Waals surface area contributed by atoms with Crippen molar-refractivity contribution < 1.29 is 22.7 Å². The van der Waals surface area contributed by atoms with Crippen LogP contribution < -0.4 is 14.8 Å². The van der Waals surface area contributed by atoms with E-state index >= 15 is 0 Å². The van der Waals surface area contributed by atoms with Gasteiger partial charge in [-0.25, -0.2) is 8.42 Å². The summed E-state index contributed by atoms with van der Waals surface area (Å²) < 4.78 is 37.2. The molecule has 2 aromatic carbocycles. The Kier molecular flexibility index (Phi) is 6.23. The molecule has 1 amide bonds. The van der Waals surface area contributed by atoms with E-state index in [-0.39, 0.29) is 23.1 Å². The Bertz CT molecular complexity index is 879. The highest BCUT2D eigenvalue weighted by atomic mass is 32.2. The average molecular weight is 378 g/mol. The maximum Gasteiger partial charge on any atom is 0.243 e. The predicted molar refractivity (Wildman–Crippen MR) is 98.9 cm³/mol. The summed E-state index contributed by atoms with van der Waals surface area (Å²) in [7, 11) is 0.774. The van der Waals surface area contributed by atoms with E-state index in [4.69, 9.17) is 9.47 Å². The molecule has 8 heteroatoms. The molecule has 0 aromatic heterocycles. The molecule has 1 N–H and O–H groups in total. The van der Waals surface area contributed by atoms with E-state index in [1.54, 1.807) is 19.2 Å². The van der Waals surface area contributed by atoms with E-state index in [0.29, 0.717) is 11.4 Å². The highest BCUT2D eigenvalue weighted by molar-refractivity contribution is 7.89. The third kappa shape index (κ3) is 4.53. The van der Waals surface area contributed by atoms with Crippen molar-refractivity contribution in [1.29, 1.82) is 0 Å². The minimum Gasteiger partial charge on any atom is -0.497 e. The quantitative estimate of drug-likeness (QED) is 0.800. The fourth-order valence-electron chi connectivity index (χ4n) is 2.38. The van der Waals surface area contributed by atoms with Crippen LogP contribution in [0.5, 0.6) is 11.5 Å². The molecule has 0 aliphatic rings. The minimum atomic E-state index is -3.72. The van der Waals surface area contributed by atoms with Crippen molar-refractivity contribution >= 4 is 21.6 Å². The number of sulfonamides is 1. The van der Waals surface area contributed by atoms with Gasteiger partial charge in [-0.2, -0.15) is 4.31 Å². The van der Waals surface area contributed by atoms with Crippen LogP contribution in [0.2, 0.25) is 0 Å². The first kappa shape index (κ1) is 19.7. The third-order valence-corrected chi connectivity index (χ3v) is 5.56. The number of carbonyl (C=O) groups excluding carboxylic acids is 1. The molecule has 0 fully saturated rings. The van der Waals surface area contributed by atoms with E-state index in [1.807, 2.05) is 12.1 Å². The molecule has 2 aromatic rings. The van der Waals surface area contributed by atoms with Gasteiger partial charge in [0, 0.05) is 26.6 Å². The number of amides is 1. The molecule has 0 unspecified atom stereocenters. The van der Waals surface area contributed by atoms with Crippen LogP contribution in [-0.2, 0) is 21.4 Å². The SMILES string of the molecule is COc1ccc(CN(C)S(=O)(=O)c2ccc(NC(C)=O)c(OC)c2)cc1. The number of anilines is 1. The van der Waals surface area contributed by atoms with Gasteiger partial charge in [0.1, 0.15) is 11.5 Å². The highest BCUT2D eigenvalue weighted by Gasteiger charge is 2.22. The van der Waals surface area contributed by atoms with Crippen LogP contribution in [0.15, 0.2) is 47.4 Å². The fraction of sp³-hybridized carbons (Fsp3) is 0.278. The molecule has 0 heterocycles. The second-order valence-corrected chi connectivity index (χ2v) is 7.70. The first-order chi connectivity index (χ1) is 12.3. The molecule has 0 spiro atoms. The number of nitrogens with one attached hydrogen (secondary N) is 1. The second kappa shape index (κ2) is 8.20. The summed E-state index contributed by atoms with van der Waals surface area (Å²) in [5.41, 5.74) is 1.25. The van der Waals surface area contributed by atoms with Gasteiger partial charge in [0.15, 0.2) is 0 Å². The summed E-state index contributed by atoms with van der Waals surface area (Å²) in [5, 5.41) is 2.60. The summed E-state index contributed by atoms with van der Waals surface area (Å²) in [6, 6.07) is 11.5. The smallest absolute Gasteiger partial charge is 0.243 e. The molecule has 7 nitrogen and oxygen atoms in total. The number of nitrogens with zero attached hydrogens (tertiary/aromatic N) is 1. The molecule has 0 aliphatic heterocycles. The zero-order chi connectivity index (χ0) is 19.3. The van der Waals surface area contributed by atoms with Gasteiger partial charge in [-0.3, -0.25) is 4.79 Å². The maximum absolute atomic E-state index is 12.8.